The van der Waals surface area contributed by atoms with E-state index in [-0.39, 0.29) is 12.0 Å². The molecule has 1 aliphatic rings. The van der Waals surface area contributed by atoms with Crippen molar-refractivity contribution in [2.24, 2.45) is 11.7 Å². The van der Waals surface area contributed by atoms with Crippen molar-refractivity contribution in [1.29, 1.82) is 0 Å². The summed E-state index contributed by atoms with van der Waals surface area (Å²) in [4.78, 5) is 12.3. The van der Waals surface area contributed by atoms with Crippen molar-refractivity contribution in [2.45, 2.75) is 38.1 Å². The van der Waals surface area contributed by atoms with Crippen LogP contribution in [0.4, 0.5) is 0 Å². The summed E-state index contributed by atoms with van der Waals surface area (Å²) >= 11 is 0. The number of carbonyl (C=O) groups excluding carboxylic acids is 1. The molecule has 2 N–H and O–H groups in total. The van der Waals surface area contributed by atoms with Crippen molar-refractivity contribution in [1.82, 2.24) is 0 Å². The van der Waals surface area contributed by atoms with Crippen LogP contribution < -0.4 is 10.5 Å². The Morgan fingerprint density at radius 1 is 1.39 bits per heavy atom. The van der Waals surface area contributed by atoms with Crippen molar-refractivity contribution in [3.63, 3.8) is 0 Å². The van der Waals surface area contributed by atoms with Crippen LogP contribution in [-0.2, 0) is 11.2 Å². The van der Waals surface area contributed by atoms with Crippen LogP contribution in [0.25, 0.3) is 0 Å². The fourth-order valence-electron chi connectivity index (χ4n) is 2.70. The number of ether oxygens (including phenoxy) is 1. The molecule has 0 aliphatic heterocycles. The van der Waals surface area contributed by atoms with Crippen LogP contribution in [0.3, 0.4) is 0 Å². The number of hydrogen-bond donors (Lipinski definition) is 1. The molecule has 0 amide bonds. The molecule has 1 aromatic rings. The third kappa shape index (κ3) is 3.10. The molecule has 2 rings (SSSR count). The van der Waals surface area contributed by atoms with E-state index in [2.05, 4.69) is 0 Å². The number of ketones is 1. The van der Waals surface area contributed by atoms with Crippen molar-refractivity contribution in [3.05, 3.63) is 29.8 Å². The number of hydrogen-bond acceptors (Lipinski definition) is 3. The first kappa shape index (κ1) is 13.1. The zero-order chi connectivity index (χ0) is 13.0. The van der Waals surface area contributed by atoms with Gasteiger partial charge in [-0.1, -0.05) is 24.6 Å². The second-order valence-corrected chi connectivity index (χ2v) is 5.08. The standard InChI is InChI=1S/C15H21NO2/c1-18-15-8-3-2-5-12(15)10-14(17)11-6-4-7-13(16)9-11/h2-3,5,8,11,13H,4,6-7,9-10,16H2,1H3. The Bertz CT molecular complexity index is 417. The van der Waals surface area contributed by atoms with Crippen LogP contribution in [0.15, 0.2) is 24.3 Å². The van der Waals surface area contributed by atoms with Crippen LogP contribution in [0, 0.1) is 5.92 Å². The molecular formula is C15H21NO2. The molecule has 3 nitrogen and oxygen atoms in total. The molecule has 0 radical (unpaired) electrons. The van der Waals surface area contributed by atoms with Gasteiger partial charge < -0.3 is 10.5 Å². The summed E-state index contributed by atoms with van der Waals surface area (Å²) in [5, 5.41) is 0. The van der Waals surface area contributed by atoms with E-state index in [1.165, 1.54) is 0 Å². The smallest absolute Gasteiger partial charge is 0.140 e. The lowest BCUT2D eigenvalue weighted by molar-refractivity contribution is -0.123. The Morgan fingerprint density at radius 2 is 2.17 bits per heavy atom. The van der Waals surface area contributed by atoms with E-state index in [9.17, 15) is 4.79 Å². The zero-order valence-electron chi connectivity index (χ0n) is 10.9. The Labute approximate surface area is 108 Å². The van der Waals surface area contributed by atoms with E-state index in [0.29, 0.717) is 12.2 Å². The normalized spacial score (nSPS) is 23.7. The molecule has 3 heteroatoms. The van der Waals surface area contributed by atoms with Gasteiger partial charge in [0.25, 0.3) is 0 Å². The fourth-order valence-corrected chi connectivity index (χ4v) is 2.70. The first-order chi connectivity index (χ1) is 8.70. The van der Waals surface area contributed by atoms with E-state index in [4.69, 9.17) is 10.5 Å². The monoisotopic (exact) mass is 247 g/mol. The highest BCUT2D eigenvalue weighted by molar-refractivity contribution is 5.84. The topological polar surface area (TPSA) is 52.3 Å². The maximum Gasteiger partial charge on any atom is 0.140 e. The Kier molecular flexibility index (Phi) is 4.37. The summed E-state index contributed by atoms with van der Waals surface area (Å²) in [6, 6.07) is 7.92. The SMILES string of the molecule is COc1ccccc1CC(=O)C1CCCC(N)C1. The molecule has 2 atom stereocenters. The van der Waals surface area contributed by atoms with E-state index in [0.717, 1.165) is 37.0 Å². The zero-order valence-corrected chi connectivity index (χ0v) is 10.9. The van der Waals surface area contributed by atoms with Gasteiger partial charge in [-0.3, -0.25) is 4.79 Å². The Balaban J connectivity index is 2.02. The van der Waals surface area contributed by atoms with Crippen molar-refractivity contribution in [2.75, 3.05) is 7.11 Å². The molecule has 0 bridgehead atoms. The van der Waals surface area contributed by atoms with Gasteiger partial charge in [-0.05, 0) is 25.3 Å². The molecule has 0 aromatic heterocycles. The summed E-state index contributed by atoms with van der Waals surface area (Å²) in [7, 11) is 1.64. The van der Waals surface area contributed by atoms with Crippen LogP contribution in [-0.4, -0.2) is 18.9 Å². The minimum Gasteiger partial charge on any atom is -0.496 e. The van der Waals surface area contributed by atoms with Gasteiger partial charge >= 0.3 is 0 Å². The predicted molar refractivity (Wildman–Crippen MR) is 71.6 cm³/mol. The van der Waals surface area contributed by atoms with E-state index in [1.54, 1.807) is 7.11 Å². The molecule has 1 saturated carbocycles. The quantitative estimate of drug-likeness (QED) is 0.888. The number of benzene rings is 1. The molecule has 0 saturated heterocycles. The van der Waals surface area contributed by atoms with Gasteiger partial charge in [0, 0.05) is 23.9 Å². The summed E-state index contributed by atoms with van der Waals surface area (Å²) in [5.41, 5.74) is 6.91. The first-order valence-electron chi connectivity index (χ1n) is 6.61. The second-order valence-electron chi connectivity index (χ2n) is 5.08. The van der Waals surface area contributed by atoms with Gasteiger partial charge in [-0.15, -0.1) is 0 Å². The number of methoxy groups -OCH3 is 1. The van der Waals surface area contributed by atoms with Gasteiger partial charge in [0.2, 0.25) is 0 Å². The van der Waals surface area contributed by atoms with Crippen molar-refractivity contribution < 1.29 is 9.53 Å². The van der Waals surface area contributed by atoms with Crippen LogP contribution in [0.2, 0.25) is 0 Å². The minimum absolute atomic E-state index is 0.138. The lowest BCUT2D eigenvalue weighted by Gasteiger charge is -2.25. The van der Waals surface area contributed by atoms with Crippen LogP contribution >= 0.6 is 0 Å². The predicted octanol–water partition coefficient (Wildman–Crippen LogP) is 2.32. The van der Waals surface area contributed by atoms with E-state index < -0.39 is 0 Å². The van der Waals surface area contributed by atoms with Crippen molar-refractivity contribution in [3.8, 4) is 5.75 Å². The van der Waals surface area contributed by atoms with Crippen LogP contribution in [0.1, 0.15) is 31.2 Å². The minimum atomic E-state index is 0.138. The average Bonchev–Trinajstić information content (AvgIpc) is 2.39. The van der Waals surface area contributed by atoms with E-state index in [1.807, 2.05) is 24.3 Å². The first-order valence-corrected chi connectivity index (χ1v) is 6.61. The molecule has 0 spiro atoms. The number of Topliss-reactive ketones (excluding diaryl/α,β-unsaturated/α-hetero) is 1. The Hall–Kier alpha value is -1.35. The maximum absolute atomic E-state index is 12.3. The molecule has 1 aromatic carbocycles. The van der Waals surface area contributed by atoms with Gasteiger partial charge in [0.1, 0.15) is 11.5 Å². The highest BCUT2D eigenvalue weighted by Gasteiger charge is 2.25. The summed E-state index contributed by atoms with van der Waals surface area (Å²) in [6.07, 6.45) is 4.42. The highest BCUT2D eigenvalue weighted by Crippen LogP contribution is 2.26. The molecule has 0 heterocycles. The largest absolute Gasteiger partial charge is 0.496 e. The summed E-state index contributed by atoms with van der Waals surface area (Å²) in [5.74, 6) is 1.24. The van der Waals surface area contributed by atoms with Gasteiger partial charge in [0.05, 0.1) is 7.11 Å². The molecule has 2 unspecified atom stereocenters. The second kappa shape index (κ2) is 6.01. The van der Waals surface area contributed by atoms with Crippen molar-refractivity contribution >= 4 is 5.78 Å². The molecule has 18 heavy (non-hydrogen) atoms. The van der Waals surface area contributed by atoms with Crippen LogP contribution in [0.5, 0.6) is 5.75 Å². The molecule has 1 fully saturated rings. The number of carbonyl (C=O) groups is 1. The molecule has 1 aliphatic carbocycles. The van der Waals surface area contributed by atoms with Gasteiger partial charge in [0.15, 0.2) is 0 Å². The third-order valence-electron chi connectivity index (χ3n) is 3.73. The highest BCUT2D eigenvalue weighted by atomic mass is 16.5. The maximum atomic E-state index is 12.3. The Morgan fingerprint density at radius 3 is 2.89 bits per heavy atom. The summed E-state index contributed by atoms with van der Waals surface area (Å²) in [6.45, 7) is 0. The van der Waals surface area contributed by atoms with Gasteiger partial charge in [-0.2, -0.15) is 0 Å². The lowest BCUT2D eigenvalue weighted by atomic mass is 9.82. The molecule has 98 valence electrons. The molecular weight excluding hydrogens is 226 g/mol. The average molecular weight is 247 g/mol. The lowest BCUT2D eigenvalue weighted by Crippen LogP contribution is -2.32. The summed E-state index contributed by atoms with van der Waals surface area (Å²) < 4.78 is 5.28. The number of rotatable bonds is 4. The third-order valence-corrected chi connectivity index (χ3v) is 3.73. The van der Waals surface area contributed by atoms with Gasteiger partial charge in [-0.25, -0.2) is 0 Å². The van der Waals surface area contributed by atoms with E-state index >= 15 is 0 Å². The fraction of sp³-hybridized carbons (Fsp3) is 0.533. The number of para-hydroxylation sites is 1. The number of nitrogens with two attached hydrogens (primary N) is 1.